The van der Waals surface area contributed by atoms with Crippen molar-refractivity contribution in [2.75, 3.05) is 0 Å². The number of hydrogen-bond donors (Lipinski definition) is 1. The molecule has 0 saturated heterocycles. The first-order valence-electron chi connectivity index (χ1n) is 7.62. The van der Waals surface area contributed by atoms with Crippen molar-refractivity contribution in [2.45, 2.75) is 38.8 Å². The molecule has 1 unspecified atom stereocenters. The highest BCUT2D eigenvalue weighted by atomic mass is 32.1. The van der Waals surface area contributed by atoms with E-state index >= 15 is 0 Å². The van der Waals surface area contributed by atoms with Gasteiger partial charge < -0.3 is 10.3 Å². The number of thiophene rings is 1. The Morgan fingerprint density at radius 2 is 2.05 bits per heavy atom. The molecule has 1 atom stereocenters. The highest BCUT2D eigenvalue weighted by Crippen LogP contribution is 2.23. The van der Waals surface area contributed by atoms with Crippen LogP contribution in [0.5, 0.6) is 0 Å². The van der Waals surface area contributed by atoms with E-state index < -0.39 is 0 Å². The molecule has 3 rings (SSSR count). The van der Waals surface area contributed by atoms with Crippen molar-refractivity contribution >= 4 is 22.2 Å². The van der Waals surface area contributed by atoms with Crippen molar-refractivity contribution < 1.29 is 0 Å². The number of hydrogen-bond acceptors (Lipinski definition) is 2. The van der Waals surface area contributed by atoms with Gasteiger partial charge in [-0.05, 0) is 42.3 Å². The van der Waals surface area contributed by atoms with Crippen LogP contribution in [-0.4, -0.2) is 10.6 Å². The first kappa shape index (κ1) is 14.4. The van der Waals surface area contributed by atoms with Crippen molar-refractivity contribution in [3.8, 4) is 0 Å². The zero-order valence-corrected chi connectivity index (χ0v) is 13.3. The van der Waals surface area contributed by atoms with Crippen LogP contribution in [-0.2, 0) is 19.4 Å². The van der Waals surface area contributed by atoms with Gasteiger partial charge in [-0.1, -0.05) is 31.2 Å². The third-order valence-electron chi connectivity index (χ3n) is 4.06. The van der Waals surface area contributed by atoms with E-state index in [2.05, 4.69) is 59.5 Å². The molecule has 0 amide bonds. The molecule has 2 aromatic heterocycles. The summed E-state index contributed by atoms with van der Waals surface area (Å²) in [6.45, 7) is 3.18. The van der Waals surface area contributed by atoms with Gasteiger partial charge in [-0.3, -0.25) is 0 Å². The molecule has 21 heavy (non-hydrogen) atoms. The molecule has 0 radical (unpaired) electrons. The van der Waals surface area contributed by atoms with E-state index in [1.54, 1.807) is 0 Å². The van der Waals surface area contributed by atoms with Crippen LogP contribution in [0.3, 0.4) is 0 Å². The third-order valence-corrected chi connectivity index (χ3v) is 4.99. The quantitative estimate of drug-likeness (QED) is 0.725. The molecule has 2 nitrogen and oxygen atoms in total. The second-order valence-electron chi connectivity index (χ2n) is 5.57. The van der Waals surface area contributed by atoms with E-state index in [1.807, 2.05) is 11.3 Å². The molecule has 0 fully saturated rings. The van der Waals surface area contributed by atoms with Crippen molar-refractivity contribution in [3.05, 3.63) is 58.4 Å². The lowest BCUT2D eigenvalue weighted by molar-refractivity contribution is 0.644. The Bertz CT molecular complexity index is 697. The Hall–Kier alpha value is -1.58. The molecule has 2 heterocycles. The van der Waals surface area contributed by atoms with E-state index in [0.717, 1.165) is 25.8 Å². The third kappa shape index (κ3) is 3.20. The number of rotatable bonds is 6. The Kier molecular flexibility index (Phi) is 4.42. The molecular weight excluding hydrogens is 276 g/mol. The molecule has 0 bridgehead atoms. The number of nitrogens with two attached hydrogens (primary N) is 1. The molecule has 0 aliphatic heterocycles. The Morgan fingerprint density at radius 1 is 1.19 bits per heavy atom. The van der Waals surface area contributed by atoms with Gasteiger partial charge in [0.2, 0.25) is 0 Å². The number of aromatic nitrogens is 1. The van der Waals surface area contributed by atoms with Crippen LogP contribution in [0, 0.1) is 0 Å². The Morgan fingerprint density at radius 3 is 2.81 bits per heavy atom. The van der Waals surface area contributed by atoms with Gasteiger partial charge in [0.05, 0.1) is 0 Å². The van der Waals surface area contributed by atoms with Crippen LogP contribution in [0.2, 0.25) is 0 Å². The zero-order chi connectivity index (χ0) is 14.7. The fraction of sp³-hybridized carbons (Fsp3) is 0.333. The lowest BCUT2D eigenvalue weighted by Gasteiger charge is -2.06. The number of benzene rings is 1. The lowest BCUT2D eigenvalue weighted by Crippen LogP contribution is -2.21. The van der Waals surface area contributed by atoms with E-state index in [1.165, 1.54) is 21.3 Å². The number of nitrogens with zero attached hydrogens (tertiary/aromatic N) is 1. The highest BCUT2D eigenvalue weighted by Gasteiger charge is 2.10. The van der Waals surface area contributed by atoms with Crippen molar-refractivity contribution in [1.82, 2.24) is 4.57 Å². The summed E-state index contributed by atoms with van der Waals surface area (Å²) in [6, 6.07) is 13.3. The SMILES string of the molecule is CCC(N)Cc1cn(CCc2cccs2)c2ccccc12. The minimum Gasteiger partial charge on any atom is -0.347 e. The number of aryl methyl sites for hydroxylation is 2. The van der Waals surface area contributed by atoms with Gasteiger partial charge in [-0.15, -0.1) is 11.3 Å². The van der Waals surface area contributed by atoms with Gasteiger partial charge >= 0.3 is 0 Å². The summed E-state index contributed by atoms with van der Waals surface area (Å²) in [5.41, 5.74) is 8.86. The van der Waals surface area contributed by atoms with Gasteiger partial charge in [0, 0.05) is 34.6 Å². The van der Waals surface area contributed by atoms with Gasteiger partial charge in [-0.2, -0.15) is 0 Å². The van der Waals surface area contributed by atoms with Crippen LogP contribution in [0.4, 0.5) is 0 Å². The van der Waals surface area contributed by atoms with E-state index in [4.69, 9.17) is 5.73 Å². The molecule has 3 heteroatoms. The first-order chi connectivity index (χ1) is 10.3. The van der Waals surface area contributed by atoms with E-state index in [9.17, 15) is 0 Å². The summed E-state index contributed by atoms with van der Waals surface area (Å²) >= 11 is 1.84. The zero-order valence-electron chi connectivity index (χ0n) is 12.5. The maximum absolute atomic E-state index is 6.15. The van der Waals surface area contributed by atoms with E-state index in [-0.39, 0.29) is 6.04 Å². The van der Waals surface area contributed by atoms with Gasteiger partial charge in [0.1, 0.15) is 0 Å². The Balaban J connectivity index is 1.87. The van der Waals surface area contributed by atoms with Crippen molar-refractivity contribution in [2.24, 2.45) is 5.73 Å². The molecule has 110 valence electrons. The van der Waals surface area contributed by atoms with Crippen LogP contribution in [0.25, 0.3) is 10.9 Å². The molecule has 0 aliphatic carbocycles. The predicted octanol–water partition coefficient (Wildman–Crippen LogP) is 4.23. The number of fused-ring (bicyclic) bond motifs is 1. The summed E-state index contributed by atoms with van der Waals surface area (Å²) < 4.78 is 2.38. The van der Waals surface area contributed by atoms with Gasteiger partial charge in [-0.25, -0.2) is 0 Å². The van der Waals surface area contributed by atoms with Crippen LogP contribution < -0.4 is 5.73 Å². The van der Waals surface area contributed by atoms with Crippen molar-refractivity contribution in [1.29, 1.82) is 0 Å². The maximum Gasteiger partial charge on any atom is 0.0483 e. The summed E-state index contributed by atoms with van der Waals surface area (Å²) in [7, 11) is 0. The molecule has 0 aliphatic rings. The second-order valence-corrected chi connectivity index (χ2v) is 6.60. The topological polar surface area (TPSA) is 30.9 Å². The maximum atomic E-state index is 6.15. The summed E-state index contributed by atoms with van der Waals surface area (Å²) in [4.78, 5) is 1.44. The molecule has 0 saturated carbocycles. The van der Waals surface area contributed by atoms with Crippen LogP contribution in [0.15, 0.2) is 48.0 Å². The monoisotopic (exact) mass is 298 g/mol. The molecule has 2 N–H and O–H groups in total. The molecule has 3 aromatic rings. The highest BCUT2D eigenvalue weighted by molar-refractivity contribution is 7.09. The second kappa shape index (κ2) is 6.46. The fourth-order valence-corrected chi connectivity index (χ4v) is 3.48. The minimum absolute atomic E-state index is 0.251. The average Bonchev–Trinajstić information content (AvgIpc) is 3.14. The molecule has 1 aromatic carbocycles. The summed E-state index contributed by atoms with van der Waals surface area (Å²) in [5.74, 6) is 0. The predicted molar refractivity (Wildman–Crippen MR) is 91.9 cm³/mol. The number of para-hydroxylation sites is 1. The van der Waals surface area contributed by atoms with Crippen LogP contribution >= 0.6 is 11.3 Å². The Labute approximate surface area is 130 Å². The molecule has 0 spiro atoms. The summed E-state index contributed by atoms with van der Waals surface area (Å²) in [5, 5.41) is 3.50. The standard InChI is InChI=1S/C18H22N2S/c1-2-15(19)12-14-13-20(10-9-16-6-5-11-21-16)18-8-4-3-7-17(14)18/h3-8,11,13,15H,2,9-10,12,19H2,1H3. The van der Waals surface area contributed by atoms with Gasteiger partial charge in [0.15, 0.2) is 0 Å². The molecular formula is C18H22N2S. The van der Waals surface area contributed by atoms with Crippen LogP contribution in [0.1, 0.15) is 23.8 Å². The normalized spacial score (nSPS) is 12.9. The smallest absolute Gasteiger partial charge is 0.0483 e. The fourth-order valence-electron chi connectivity index (χ4n) is 2.78. The van der Waals surface area contributed by atoms with Crippen molar-refractivity contribution in [3.63, 3.8) is 0 Å². The average molecular weight is 298 g/mol. The van der Waals surface area contributed by atoms with Gasteiger partial charge in [0.25, 0.3) is 0 Å². The first-order valence-corrected chi connectivity index (χ1v) is 8.50. The largest absolute Gasteiger partial charge is 0.347 e. The summed E-state index contributed by atoms with van der Waals surface area (Å²) in [6.07, 6.45) is 5.38. The van der Waals surface area contributed by atoms with E-state index in [0.29, 0.717) is 0 Å². The lowest BCUT2D eigenvalue weighted by atomic mass is 10.0. The minimum atomic E-state index is 0.251.